The number of ether oxygens (including phenoxy) is 6. The number of ketones is 1. The minimum Gasteiger partial charge on any atom is -0.466 e. The van der Waals surface area contributed by atoms with Crippen LogP contribution in [0.25, 0.3) is 0 Å². The van der Waals surface area contributed by atoms with Crippen molar-refractivity contribution in [1.82, 2.24) is 0 Å². The average Bonchev–Trinajstić information content (AvgIpc) is 3.53. The molecule has 2 spiro atoms. The molecular weight excluding hydrogens is 769 g/mol. The molecule has 0 bridgehead atoms. The molecule has 0 radical (unpaired) electrons. The van der Waals surface area contributed by atoms with Gasteiger partial charge in [-0.1, -0.05) is 75.0 Å². The van der Waals surface area contributed by atoms with Gasteiger partial charge in [0.25, 0.3) is 0 Å². The number of hydrogen-bond acceptors (Lipinski definition) is 11. The lowest BCUT2D eigenvalue weighted by molar-refractivity contribution is -0.409. The van der Waals surface area contributed by atoms with E-state index in [9.17, 15) is 24.9 Å². The minimum absolute atomic E-state index is 0.0224. The molecule has 5 aliphatic rings. The maximum atomic E-state index is 14.6. The van der Waals surface area contributed by atoms with Crippen LogP contribution in [-0.2, 0) is 38.0 Å². The van der Waals surface area contributed by atoms with E-state index in [0.29, 0.717) is 51.6 Å². The van der Waals surface area contributed by atoms with Crippen molar-refractivity contribution in [3.05, 3.63) is 12.2 Å². The van der Waals surface area contributed by atoms with Crippen LogP contribution in [0.2, 0.25) is 25.7 Å². The topological polar surface area (TPSA) is 150 Å². The number of carbonyl (C=O) groups excluding carboxylic acids is 2. The summed E-state index contributed by atoms with van der Waals surface area (Å²) in [4.78, 5) is 27.9. The van der Waals surface area contributed by atoms with Gasteiger partial charge in [-0.2, -0.15) is 0 Å². The monoisotopic (exact) mass is 851 g/mol. The normalized spacial score (nSPS) is 42.9. The lowest BCUT2D eigenvalue weighted by Crippen LogP contribution is -2.63. The number of carbonyl (C=O) groups is 2. The highest BCUT2D eigenvalue weighted by Crippen LogP contribution is 2.54. The van der Waals surface area contributed by atoms with Crippen LogP contribution in [0.5, 0.6) is 0 Å². The first-order chi connectivity index (χ1) is 27.5. The molecule has 3 N–H and O–H groups in total. The summed E-state index contributed by atoms with van der Waals surface area (Å²) < 4.78 is 39.7. The molecule has 0 aromatic carbocycles. The molecule has 4 fully saturated rings. The fraction of sp³-hybridized carbons (Fsp3) is 0.915. The van der Waals surface area contributed by atoms with Crippen molar-refractivity contribution in [3.8, 4) is 0 Å². The lowest BCUT2D eigenvalue weighted by atomic mass is 9.72. The van der Waals surface area contributed by atoms with Crippen LogP contribution in [0.15, 0.2) is 12.2 Å². The maximum absolute atomic E-state index is 14.6. The summed E-state index contributed by atoms with van der Waals surface area (Å²) in [7, 11) is -1.35. The van der Waals surface area contributed by atoms with E-state index in [-0.39, 0.29) is 65.8 Å². The Morgan fingerprint density at radius 1 is 0.898 bits per heavy atom. The van der Waals surface area contributed by atoms with Crippen molar-refractivity contribution in [2.75, 3.05) is 6.61 Å². The van der Waals surface area contributed by atoms with Crippen LogP contribution in [0.4, 0.5) is 0 Å². The molecular formula is C47H82O11Si. The molecule has 5 aliphatic heterocycles. The van der Waals surface area contributed by atoms with Gasteiger partial charge in [0, 0.05) is 38.2 Å². The molecule has 12 heteroatoms. The number of rotatable bonds is 15. The van der Waals surface area contributed by atoms with Gasteiger partial charge in [0.15, 0.2) is 5.79 Å². The summed E-state index contributed by atoms with van der Waals surface area (Å²) in [6.45, 7) is 27.2. The molecule has 0 amide bonds. The Balaban J connectivity index is 1.27. The van der Waals surface area contributed by atoms with Crippen LogP contribution in [0.1, 0.15) is 133 Å². The van der Waals surface area contributed by atoms with E-state index in [1.165, 1.54) is 0 Å². The van der Waals surface area contributed by atoms with E-state index in [1.54, 1.807) is 6.08 Å². The fourth-order valence-corrected chi connectivity index (χ4v) is 11.8. The van der Waals surface area contributed by atoms with Gasteiger partial charge in [-0.05, 0) is 102 Å². The zero-order valence-corrected chi connectivity index (χ0v) is 39.8. The van der Waals surface area contributed by atoms with E-state index in [1.807, 2.05) is 54.5 Å². The standard InChI is InChI=1S/C47H82O11Si/c1-14-34(43(51)53-25-26-59(11,12)13)36-18-17-28(4)41(55-36)32(8)39(49)31(7)40(50)35(15-2)42-29(5)27-30(6)46(56-42)22-19-37(48)47(58-46)24-23-44(10,57-47)38-20-21-45(52,16-3)33(9)54-38/h19,22,28-39,41-42,48-49,52H,14-18,20-21,23-27H2,1-13H3/t28-,29-,30+,31-,32-,33-,34+,35-,36+,37+,38+,39+,41+,42?,44-,45+,46-,47-/m0/s1. The van der Waals surface area contributed by atoms with Gasteiger partial charge >= 0.3 is 5.97 Å². The predicted octanol–water partition coefficient (Wildman–Crippen LogP) is 7.98. The second-order valence-electron chi connectivity index (χ2n) is 21.1. The predicted molar refractivity (Wildman–Crippen MR) is 230 cm³/mol. The molecule has 0 aromatic heterocycles. The smallest absolute Gasteiger partial charge is 0.311 e. The highest BCUT2D eigenvalue weighted by molar-refractivity contribution is 6.76. The Morgan fingerprint density at radius 2 is 1.58 bits per heavy atom. The summed E-state index contributed by atoms with van der Waals surface area (Å²) in [5.41, 5.74) is -1.63. The molecule has 59 heavy (non-hydrogen) atoms. The molecule has 4 saturated heterocycles. The van der Waals surface area contributed by atoms with E-state index in [0.717, 1.165) is 25.3 Å². The Labute approximate surface area is 357 Å². The molecule has 0 aromatic rings. The summed E-state index contributed by atoms with van der Waals surface area (Å²) >= 11 is 0. The van der Waals surface area contributed by atoms with Crippen molar-refractivity contribution < 1.29 is 53.3 Å². The molecule has 340 valence electrons. The molecule has 18 atom stereocenters. The third-order valence-electron chi connectivity index (χ3n) is 15.5. The van der Waals surface area contributed by atoms with Crippen LogP contribution >= 0.6 is 0 Å². The van der Waals surface area contributed by atoms with Gasteiger partial charge in [-0.15, -0.1) is 0 Å². The Bertz CT molecular complexity index is 1470. The van der Waals surface area contributed by atoms with Crippen LogP contribution in [0.3, 0.4) is 0 Å². The van der Waals surface area contributed by atoms with Gasteiger partial charge in [0.05, 0.1) is 60.4 Å². The Morgan fingerprint density at radius 3 is 2.19 bits per heavy atom. The summed E-state index contributed by atoms with van der Waals surface area (Å²) in [6.07, 6.45) is 6.13. The van der Waals surface area contributed by atoms with Gasteiger partial charge in [0.1, 0.15) is 11.9 Å². The maximum Gasteiger partial charge on any atom is 0.311 e. The first kappa shape index (κ1) is 48.8. The van der Waals surface area contributed by atoms with E-state index in [4.69, 9.17) is 28.4 Å². The van der Waals surface area contributed by atoms with E-state index >= 15 is 0 Å². The first-order valence-electron chi connectivity index (χ1n) is 23.4. The first-order valence-corrected chi connectivity index (χ1v) is 27.1. The van der Waals surface area contributed by atoms with Gasteiger partial charge in [0.2, 0.25) is 5.79 Å². The number of Topliss-reactive ketones (excluding diaryl/α,β-unsaturated/α-hetero) is 1. The highest BCUT2D eigenvalue weighted by Gasteiger charge is 2.63. The quantitative estimate of drug-likeness (QED) is 0.0837. The summed E-state index contributed by atoms with van der Waals surface area (Å²) in [6, 6.07) is 0.919. The summed E-state index contributed by atoms with van der Waals surface area (Å²) in [5, 5.41) is 34.5. The molecule has 0 aliphatic carbocycles. The van der Waals surface area contributed by atoms with Crippen LogP contribution < -0.4 is 0 Å². The summed E-state index contributed by atoms with van der Waals surface area (Å²) in [5.74, 6) is -4.72. The van der Waals surface area contributed by atoms with Gasteiger partial charge in [-0.3, -0.25) is 9.59 Å². The fourth-order valence-electron chi connectivity index (χ4n) is 11.0. The molecule has 1 unspecified atom stereocenters. The van der Waals surface area contributed by atoms with Crippen LogP contribution in [0, 0.1) is 41.4 Å². The zero-order chi connectivity index (χ0) is 43.9. The Kier molecular flexibility index (Phi) is 15.6. The van der Waals surface area contributed by atoms with Crippen molar-refractivity contribution in [3.63, 3.8) is 0 Å². The molecule has 5 heterocycles. The molecule has 0 saturated carbocycles. The number of aliphatic hydroxyl groups is 3. The largest absolute Gasteiger partial charge is 0.466 e. The van der Waals surface area contributed by atoms with Gasteiger partial charge < -0.3 is 43.7 Å². The highest BCUT2D eigenvalue weighted by atomic mass is 28.3. The lowest BCUT2D eigenvalue weighted by Gasteiger charge is -2.54. The average molecular weight is 851 g/mol. The van der Waals surface area contributed by atoms with Crippen molar-refractivity contribution in [2.24, 2.45) is 41.4 Å². The van der Waals surface area contributed by atoms with Crippen molar-refractivity contribution in [2.45, 2.75) is 225 Å². The third kappa shape index (κ3) is 10.1. The Hall–Kier alpha value is -1.22. The van der Waals surface area contributed by atoms with E-state index < -0.39 is 61.0 Å². The second kappa shape index (κ2) is 18.9. The number of aliphatic hydroxyl groups excluding tert-OH is 2. The number of hydrogen-bond donors (Lipinski definition) is 3. The minimum atomic E-state index is -1.37. The van der Waals surface area contributed by atoms with E-state index in [2.05, 4.69) is 40.4 Å². The van der Waals surface area contributed by atoms with Gasteiger partial charge in [-0.25, -0.2) is 0 Å². The third-order valence-corrected chi connectivity index (χ3v) is 17.2. The molecule has 11 nitrogen and oxygen atoms in total. The number of esters is 1. The molecule has 5 rings (SSSR count). The van der Waals surface area contributed by atoms with Crippen molar-refractivity contribution in [1.29, 1.82) is 0 Å². The zero-order valence-electron chi connectivity index (χ0n) is 38.8. The SMILES string of the molecule is CC[C@@H](C(=O)[C@@H](C)[C@@H](O)[C@H](C)[C@@H]1O[C@@H]([C@@H](CC)C(=O)OCC[Si](C)(C)C)CC[C@@H]1C)C1O[C@]2(C=C[C@@H](O)[C@]3(CC[C@@](C)([C@H]4CC[C@](O)(CC)[C@H](C)O4)O3)O2)[C@H](C)C[C@@H]1C. The van der Waals surface area contributed by atoms with Crippen molar-refractivity contribution >= 4 is 19.8 Å². The van der Waals surface area contributed by atoms with Crippen LogP contribution in [-0.4, -0.2) is 107 Å². The second-order valence-corrected chi connectivity index (χ2v) is 26.7.